The number of ketones is 1. The first-order chi connectivity index (χ1) is 8.11. The molecule has 17 heavy (non-hydrogen) atoms. The summed E-state index contributed by atoms with van der Waals surface area (Å²) in [6, 6.07) is 7.45. The van der Waals surface area contributed by atoms with Gasteiger partial charge in [0.1, 0.15) is 0 Å². The Kier molecular flexibility index (Phi) is 4.92. The molecule has 0 aliphatic heterocycles. The number of hydrogen-bond acceptors (Lipinski definition) is 1. The zero-order valence-corrected chi connectivity index (χ0v) is 10.8. The van der Waals surface area contributed by atoms with E-state index in [0.29, 0.717) is 16.2 Å². The molecule has 1 rings (SSSR count). The van der Waals surface area contributed by atoms with Gasteiger partial charge in [0.25, 0.3) is 0 Å². The molecular weight excluding hydrogens is 232 g/mol. The SMILES string of the molecule is C=C/C(Cl)=C(\C=C/C)C(=O)c1ccccc1C. The fraction of sp³-hybridized carbons (Fsp3) is 0.133. The summed E-state index contributed by atoms with van der Waals surface area (Å²) in [4.78, 5) is 12.3. The summed E-state index contributed by atoms with van der Waals surface area (Å²) < 4.78 is 0. The lowest BCUT2D eigenvalue weighted by molar-refractivity contribution is 0.103. The molecule has 0 bridgehead atoms. The molecule has 2 heteroatoms. The maximum Gasteiger partial charge on any atom is 0.194 e. The zero-order chi connectivity index (χ0) is 12.8. The maximum atomic E-state index is 12.3. The molecule has 1 aromatic rings. The smallest absolute Gasteiger partial charge is 0.194 e. The molecule has 0 heterocycles. The van der Waals surface area contributed by atoms with Crippen LogP contribution in [0.25, 0.3) is 0 Å². The molecule has 0 aliphatic rings. The second-order valence-corrected chi connectivity index (χ2v) is 4.02. The van der Waals surface area contributed by atoms with Crippen molar-refractivity contribution >= 4 is 17.4 Å². The van der Waals surface area contributed by atoms with Gasteiger partial charge in [0.2, 0.25) is 0 Å². The predicted molar refractivity (Wildman–Crippen MR) is 73.4 cm³/mol. The lowest BCUT2D eigenvalue weighted by Crippen LogP contribution is -2.05. The molecule has 0 fully saturated rings. The van der Waals surface area contributed by atoms with Gasteiger partial charge in [-0.2, -0.15) is 0 Å². The molecule has 1 aromatic carbocycles. The molecule has 0 saturated carbocycles. The van der Waals surface area contributed by atoms with Crippen molar-refractivity contribution in [1.29, 1.82) is 0 Å². The van der Waals surface area contributed by atoms with Gasteiger partial charge in [-0.3, -0.25) is 4.79 Å². The van der Waals surface area contributed by atoms with Crippen molar-refractivity contribution in [2.24, 2.45) is 0 Å². The van der Waals surface area contributed by atoms with Crippen LogP contribution in [0.4, 0.5) is 0 Å². The van der Waals surface area contributed by atoms with Gasteiger partial charge in [0, 0.05) is 11.1 Å². The average Bonchev–Trinajstić information content (AvgIpc) is 2.35. The zero-order valence-electron chi connectivity index (χ0n) is 10.0. The third kappa shape index (κ3) is 3.18. The van der Waals surface area contributed by atoms with Crippen LogP contribution in [0.15, 0.2) is 59.7 Å². The highest BCUT2D eigenvalue weighted by Crippen LogP contribution is 2.19. The highest BCUT2D eigenvalue weighted by molar-refractivity contribution is 6.35. The highest BCUT2D eigenvalue weighted by atomic mass is 35.5. The van der Waals surface area contributed by atoms with Crippen LogP contribution in [0.3, 0.4) is 0 Å². The topological polar surface area (TPSA) is 17.1 Å². The van der Waals surface area contributed by atoms with Crippen LogP contribution in [0, 0.1) is 6.92 Å². The minimum absolute atomic E-state index is 0.0777. The Balaban J connectivity index is 3.28. The molecule has 0 aromatic heterocycles. The Morgan fingerprint density at radius 2 is 2.00 bits per heavy atom. The molecule has 0 atom stereocenters. The maximum absolute atomic E-state index is 12.3. The van der Waals surface area contributed by atoms with E-state index in [0.717, 1.165) is 5.56 Å². The van der Waals surface area contributed by atoms with Gasteiger partial charge >= 0.3 is 0 Å². The van der Waals surface area contributed by atoms with Gasteiger partial charge in [-0.05, 0) is 25.5 Å². The average molecular weight is 247 g/mol. The Bertz CT molecular complexity index is 495. The normalized spacial score (nSPS) is 12.4. The molecule has 0 radical (unpaired) electrons. The summed E-state index contributed by atoms with van der Waals surface area (Å²) in [5.41, 5.74) is 2.08. The van der Waals surface area contributed by atoms with Crippen molar-refractivity contribution in [1.82, 2.24) is 0 Å². The summed E-state index contributed by atoms with van der Waals surface area (Å²) in [7, 11) is 0. The predicted octanol–water partition coefficient (Wildman–Crippen LogP) is 4.43. The van der Waals surface area contributed by atoms with Crippen molar-refractivity contribution in [3.63, 3.8) is 0 Å². The van der Waals surface area contributed by atoms with E-state index in [-0.39, 0.29) is 5.78 Å². The molecule has 88 valence electrons. The molecule has 0 spiro atoms. The van der Waals surface area contributed by atoms with Crippen LogP contribution >= 0.6 is 11.6 Å². The number of carbonyl (C=O) groups is 1. The summed E-state index contributed by atoms with van der Waals surface area (Å²) in [6.45, 7) is 7.34. The van der Waals surface area contributed by atoms with Gasteiger partial charge in [-0.1, -0.05) is 54.6 Å². The second-order valence-electron chi connectivity index (χ2n) is 3.61. The number of allylic oxidation sites excluding steroid dienone is 5. The molecule has 1 nitrogen and oxygen atoms in total. The molecule has 0 aliphatic carbocycles. The van der Waals surface area contributed by atoms with Crippen molar-refractivity contribution in [3.8, 4) is 0 Å². The third-order valence-electron chi connectivity index (χ3n) is 2.40. The Morgan fingerprint density at radius 3 is 2.53 bits per heavy atom. The summed E-state index contributed by atoms with van der Waals surface area (Å²) in [5.74, 6) is -0.0777. The number of benzene rings is 1. The van der Waals surface area contributed by atoms with Gasteiger partial charge in [-0.15, -0.1) is 0 Å². The first kappa shape index (κ1) is 13.5. The number of aryl methyl sites for hydroxylation is 1. The summed E-state index contributed by atoms with van der Waals surface area (Å²) in [6.07, 6.45) is 4.98. The number of halogens is 1. The highest BCUT2D eigenvalue weighted by Gasteiger charge is 2.14. The first-order valence-electron chi connectivity index (χ1n) is 5.37. The standard InChI is InChI=1S/C15H15ClO/c1-4-8-13(14(16)5-2)15(17)12-10-7-6-9-11(12)3/h4-10H,2H2,1,3H3/b8-4-,14-13-. The minimum Gasteiger partial charge on any atom is -0.289 e. The Hall–Kier alpha value is -1.60. The Morgan fingerprint density at radius 1 is 1.35 bits per heavy atom. The van der Waals surface area contributed by atoms with Crippen molar-refractivity contribution in [3.05, 3.63) is 70.8 Å². The van der Waals surface area contributed by atoms with E-state index in [4.69, 9.17) is 11.6 Å². The lowest BCUT2D eigenvalue weighted by atomic mass is 9.98. The van der Waals surface area contributed by atoms with E-state index in [9.17, 15) is 4.79 Å². The second kappa shape index (κ2) is 6.21. The van der Waals surface area contributed by atoms with Crippen LogP contribution in [-0.4, -0.2) is 5.78 Å². The first-order valence-corrected chi connectivity index (χ1v) is 5.74. The minimum atomic E-state index is -0.0777. The number of Topliss-reactive ketones (excluding diaryl/α,β-unsaturated/α-hetero) is 1. The van der Waals surface area contributed by atoms with E-state index in [2.05, 4.69) is 6.58 Å². The quantitative estimate of drug-likeness (QED) is 0.436. The van der Waals surface area contributed by atoms with Crippen LogP contribution in [0.5, 0.6) is 0 Å². The van der Waals surface area contributed by atoms with Crippen molar-refractivity contribution in [2.75, 3.05) is 0 Å². The molecule has 0 saturated heterocycles. The van der Waals surface area contributed by atoms with Crippen LogP contribution < -0.4 is 0 Å². The van der Waals surface area contributed by atoms with Crippen LogP contribution in [0.1, 0.15) is 22.8 Å². The van der Waals surface area contributed by atoms with Crippen molar-refractivity contribution < 1.29 is 4.79 Å². The van der Waals surface area contributed by atoms with Gasteiger partial charge in [0.05, 0.1) is 5.03 Å². The number of hydrogen-bond donors (Lipinski definition) is 0. The van der Waals surface area contributed by atoms with E-state index in [1.807, 2.05) is 32.0 Å². The fourth-order valence-electron chi connectivity index (χ4n) is 1.51. The number of carbonyl (C=O) groups excluding carboxylic acids is 1. The molecule has 0 unspecified atom stereocenters. The van der Waals surface area contributed by atoms with E-state index < -0.39 is 0 Å². The lowest BCUT2D eigenvalue weighted by Gasteiger charge is -2.06. The van der Waals surface area contributed by atoms with Gasteiger partial charge in [0.15, 0.2) is 5.78 Å². The third-order valence-corrected chi connectivity index (χ3v) is 2.76. The van der Waals surface area contributed by atoms with Crippen molar-refractivity contribution in [2.45, 2.75) is 13.8 Å². The van der Waals surface area contributed by atoms with Gasteiger partial charge in [-0.25, -0.2) is 0 Å². The van der Waals surface area contributed by atoms with E-state index in [1.165, 1.54) is 6.08 Å². The van der Waals surface area contributed by atoms with E-state index >= 15 is 0 Å². The van der Waals surface area contributed by atoms with Crippen LogP contribution in [0.2, 0.25) is 0 Å². The summed E-state index contributed by atoms with van der Waals surface area (Å²) >= 11 is 6.00. The largest absolute Gasteiger partial charge is 0.289 e. The molecular formula is C15H15ClO. The summed E-state index contributed by atoms with van der Waals surface area (Å²) in [5, 5.41) is 0.372. The number of rotatable bonds is 4. The molecule has 0 amide bonds. The van der Waals surface area contributed by atoms with E-state index in [1.54, 1.807) is 18.2 Å². The van der Waals surface area contributed by atoms with Crippen LogP contribution in [-0.2, 0) is 0 Å². The molecule has 0 N–H and O–H groups in total. The Labute approximate surface area is 107 Å². The van der Waals surface area contributed by atoms with Gasteiger partial charge < -0.3 is 0 Å². The fourth-order valence-corrected chi connectivity index (χ4v) is 1.66. The monoisotopic (exact) mass is 246 g/mol.